The van der Waals surface area contributed by atoms with E-state index < -0.39 is 0 Å². The summed E-state index contributed by atoms with van der Waals surface area (Å²) in [5.74, 6) is 0.140. The Kier molecular flexibility index (Phi) is 4.49. The number of alkyl halides is 1. The fourth-order valence-corrected chi connectivity index (χ4v) is 1.02. The Morgan fingerprint density at radius 3 is 2.60 bits per heavy atom. The predicted molar refractivity (Wildman–Crippen MR) is 58.8 cm³/mol. The van der Waals surface area contributed by atoms with E-state index in [1.165, 1.54) is 18.7 Å². The number of hydrogen-bond acceptors (Lipinski definition) is 3. The number of rotatable bonds is 4. The summed E-state index contributed by atoms with van der Waals surface area (Å²) in [6, 6.07) is 0. The third-order valence-electron chi connectivity index (χ3n) is 2.00. The van der Waals surface area contributed by atoms with E-state index in [0.717, 1.165) is 0 Å². The Bertz CT molecular complexity index is 316. The average molecular weight is 228 g/mol. The molecule has 1 amide bonds. The van der Waals surface area contributed by atoms with Crippen molar-refractivity contribution in [3.63, 3.8) is 0 Å². The van der Waals surface area contributed by atoms with Gasteiger partial charge in [0.2, 0.25) is 0 Å². The lowest BCUT2D eigenvalue weighted by Gasteiger charge is -2.13. The van der Waals surface area contributed by atoms with Crippen LogP contribution >= 0.6 is 11.6 Å². The third kappa shape index (κ3) is 3.83. The van der Waals surface area contributed by atoms with Crippen LogP contribution in [0.25, 0.3) is 0 Å². The molecule has 0 aliphatic heterocycles. The monoisotopic (exact) mass is 227 g/mol. The molecule has 1 unspecified atom stereocenters. The van der Waals surface area contributed by atoms with Crippen molar-refractivity contribution >= 4 is 17.5 Å². The molecule has 82 valence electrons. The third-order valence-corrected chi connectivity index (χ3v) is 2.66. The van der Waals surface area contributed by atoms with Gasteiger partial charge in [0.15, 0.2) is 0 Å². The maximum atomic E-state index is 11.5. The lowest BCUT2D eigenvalue weighted by molar-refractivity contribution is 0.0951. The second-order valence-electron chi connectivity index (χ2n) is 3.60. The molecule has 0 fully saturated rings. The molecule has 0 saturated heterocycles. The van der Waals surface area contributed by atoms with E-state index in [2.05, 4.69) is 15.3 Å². The summed E-state index contributed by atoms with van der Waals surface area (Å²) < 4.78 is 0. The van der Waals surface area contributed by atoms with E-state index in [1.54, 1.807) is 0 Å². The van der Waals surface area contributed by atoms with E-state index in [1.807, 2.05) is 13.8 Å². The van der Waals surface area contributed by atoms with E-state index in [4.69, 9.17) is 11.6 Å². The van der Waals surface area contributed by atoms with Crippen molar-refractivity contribution in [1.82, 2.24) is 15.3 Å². The van der Waals surface area contributed by atoms with Gasteiger partial charge in [-0.15, -0.1) is 11.6 Å². The van der Waals surface area contributed by atoms with Crippen LogP contribution in [0.4, 0.5) is 0 Å². The standard InChI is InChI=1S/C10H14ClN3O/c1-7(2)9(11)5-14-10(15)8-3-12-6-13-4-8/h3-4,6-7,9H,5H2,1-2H3,(H,14,15). The van der Waals surface area contributed by atoms with Gasteiger partial charge in [-0.25, -0.2) is 9.97 Å². The Morgan fingerprint density at radius 2 is 2.07 bits per heavy atom. The van der Waals surface area contributed by atoms with Crippen molar-refractivity contribution in [2.45, 2.75) is 19.2 Å². The highest BCUT2D eigenvalue weighted by molar-refractivity contribution is 6.21. The summed E-state index contributed by atoms with van der Waals surface area (Å²) in [7, 11) is 0. The van der Waals surface area contributed by atoms with Gasteiger partial charge in [-0.05, 0) is 5.92 Å². The summed E-state index contributed by atoms with van der Waals surface area (Å²) in [5.41, 5.74) is 0.449. The van der Waals surface area contributed by atoms with Gasteiger partial charge in [0.1, 0.15) is 6.33 Å². The van der Waals surface area contributed by atoms with Crippen LogP contribution < -0.4 is 5.32 Å². The molecule has 5 heteroatoms. The SMILES string of the molecule is CC(C)C(Cl)CNC(=O)c1cncnc1. The molecule has 1 atom stereocenters. The van der Waals surface area contributed by atoms with Gasteiger partial charge in [0, 0.05) is 18.9 Å². The summed E-state index contributed by atoms with van der Waals surface area (Å²) in [5, 5.41) is 2.67. The minimum atomic E-state index is -0.193. The van der Waals surface area contributed by atoms with Crippen molar-refractivity contribution in [2.75, 3.05) is 6.54 Å². The summed E-state index contributed by atoms with van der Waals surface area (Å²) in [6.07, 6.45) is 4.33. The molecule has 1 heterocycles. The average Bonchev–Trinajstić information content (AvgIpc) is 2.26. The molecule has 0 radical (unpaired) electrons. The summed E-state index contributed by atoms with van der Waals surface area (Å²) in [4.78, 5) is 19.0. The largest absolute Gasteiger partial charge is 0.350 e. The van der Waals surface area contributed by atoms with Crippen molar-refractivity contribution in [2.24, 2.45) is 5.92 Å². The highest BCUT2D eigenvalue weighted by Crippen LogP contribution is 2.07. The second-order valence-corrected chi connectivity index (χ2v) is 4.16. The fraction of sp³-hybridized carbons (Fsp3) is 0.500. The van der Waals surface area contributed by atoms with Gasteiger partial charge >= 0.3 is 0 Å². The molecule has 1 N–H and O–H groups in total. The number of carbonyl (C=O) groups excluding carboxylic acids is 1. The number of hydrogen-bond donors (Lipinski definition) is 1. The zero-order valence-corrected chi connectivity index (χ0v) is 9.53. The molecule has 1 rings (SSSR count). The molecule has 0 aromatic carbocycles. The maximum Gasteiger partial charge on any atom is 0.254 e. The van der Waals surface area contributed by atoms with Gasteiger partial charge in [-0.1, -0.05) is 13.8 Å². The normalized spacial score (nSPS) is 12.5. The fourth-order valence-electron chi connectivity index (χ4n) is 0.944. The topological polar surface area (TPSA) is 54.9 Å². The van der Waals surface area contributed by atoms with Crippen molar-refractivity contribution in [1.29, 1.82) is 0 Å². The Morgan fingerprint density at radius 1 is 1.47 bits per heavy atom. The molecule has 0 aliphatic rings. The first kappa shape index (κ1) is 11.9. The highest BCUT2D eigenvalue weighted by Gasteiger charge is 2.12. The lowest BCUT2D eigenvalue weighted by atomic mass is 10.1. The van der Waals surface area contributed by atoms with Crippen LogP contribution in [0.3, 0.4) is 0 Å². The molecule has 4 nitrogen and oxygen atoms in total. The number of halogens is 1. The predicted octanol–water partition coefficient (Wildman–Crippen LogP) is 1.47. The zero-order valence-electron chi connectivity index (χ0n) is 8.77. The quantitative estimate of drug-likeness (QED) is 0.793. The molecular weight excluding hydrogens is 214 g/mol. The van der Waals surface area contributed by atoms with E-state index in [9.17, 15) is 4.79 Å². The number of carbonyl (C=O) groups is 1. The van der Waals surface area contributed by atoms with Crippen LogP contribution in [-0.2, 0) is 0 Å². The van der Waals surface area contributed by atoms with Gasteiger partial charge < -0.3 is 5.32 Å². The van der Waals surface area contributed by atoms with Crippen LogP contribution in [0, 0.1) is 5.92 Å². The van der Waals surface area contributed by atoms with Crippen LogP contribution in [0.15, 0.2) is 18.7 Å². The molecule has 1 aromatic heterocycles. The van der Waals surface area contributed by atoms with Crippen molar-refractivity contribution < 1.29 is 4.79 Å². The smallest absolute Gasteiger partial charge is 0.254 e. The maximum absolute atomic E-state index is 11.5. The van der Waals surface area contributed by atoms with Crippen LogP contribution in [0.5, 0.6) is 0 Å². The van der Waals surface area contributed by atoms with Gasteiger partial charge in [0.05, 0.1) is 10.9 Å². The molecule has 0 spiro atoms. The van der Waals surface area contributed by atoms with Crippen molar-refractivity contribution in [3.8, 4) is 0 Å². The molecule has 0 saturated carbocycles. The van der Waals surface area contributed by atoms with E-state index in [0.29, 0.717) is 18.0 Å². The van der Waals surface area contributed by atoms with Gasteiger partial charge in [0.25, 0.3) is 5.91 Å². The number of aromatic nitrogens is 2. The van der Waals surface area contributed by atoms with Gasteiger partial charge in [-0.3, -0.25) is 4.79 Å². The Labute approximate surface area is 94.1 Å². The van der Waals surface area contributed by atoms with Crippen LogP contribution in [0.1, 0.15) is 24.2 Å². The highest BCUT2D eigenvalue weighted by atomic mass is 35.5. The molecular formula is C10H14ClN3O. The summed E-state index contributed by atoms with van der Waals surface area (Å²) in [6.45, 7) is 4.47. The zero-order chi connectivity index (χ0) is 11.3. The summed E-state index contributed by atoms with van der Waals surface area (Å²) >= 11 is 6.00. The Hall–Kier alpha value is -1.16. The Balaban J connectivity index is 2.44. The minimum absolute atomic E-state index is 0.0569. The number of nitrogens with zero attached hydrogens (tertiary/aromatic N) is 2. The lowest BCUT2D eigenvalue weighted by Crippen LogP contribution is -2.32. The molecule has 15 heavy (non-hydrogen) atoms. The van der Waals surface area contributed by atoms with E-state index >= 15 is 0 Å². The molecule has 1 aromatic rings. The van der Waals surface area contributed by atoms with Crippen molar-refractivity contribution in [3.05, 3.63) is 24.3 Å². The first-order valence-electron chi connectivity index (χ1n) is 4.78. The molecule has 0 bridgehead atoms. The van der Waals surface area contributed by atoms with Crippen LogP contribution in [0.2, 0.25) is 0 Å². The number of amides is 1. The first-order valence-corrected chi connectivity index (χ1v) is 5.22. The molecule has 0 aliphatic carbocycles. The first-order chi connectivity index (χ1) is 7.11. The van der Waals surface area contributed by atoms with Gasteiger partial charge in [-0.2, -0.15) is 0 Å². The minimum Gasteiger partial charge on any atom is -0.350 e. The van der Waals surface area contributed by atoms with E-state index in [-0.39, 0.29) is 11.3 Å². The second kappa shape index (κ2) is 5.66. The number of nitrogens with one attached hydrogen (secondary N) is 1. The van der Waals surface area contributed by atoms with Crippen LogP contribution in [-0.4, -0.2) is 27.8 Å².